The molecule has 4 rings (SSSR count). The first kappa shape index (κ1) is 20.8. The van der Waals surface area contributed by atoms with Crippen LogP contribution in [0.5, 0.6) is 5.75 Å². The van der Waals surface area contributed by atoms with E-state index in [9.17, 15) is 22.8 Å². The summed E-state index contributed by atoms with van der Waals surface area (Å²) in [6.45, 7) is 2.11. The number of anilines is 1. The maximum atomic E-state index is 12.7. The van der Waals surface area contributed by atoms with Gasteiger partial charge in [0, 0.05) is 38.0 Å². The van der Waals surface area contributed by atoms with E-state index in [-0.39, 0.29) is 18.0 Å². The number of nitrogens with one attached hydrogen (secondary N) is 1. The average Bonchev–Trinajstić information content (AvgIpc) is 3.27. The van der Waals surface area contributed by atoms with Crippen LogP contribution in [-0.2, 0) is 9.53 Å². The molecule has 3 aliphatic rings. The van der Waals surface area contributed by atoms with Crippen molar-refractivity contribution in [2.75, 3.05) is 31.1 Å². The second kappa shape index (κ2) is 8.33. The van der Waals surface area contributed by atoms with Crippen molar-refractivity contribution >= 4 is 17.6 Å². The van der Waals surface area contributed by atoms with Crippen molar-refractivity contribution in [1.29, 1.82) is 0 Å². The Hall–Kier alpha value is -2.49. The van der Waals surface area contributed by atoms with Gasteiger partial charge in [-0.2, -0.15) is 0 Å². The summed E-state index contributed by atoms with van der Waals surface area (Å²) >= 11 is 0. The molecule has 0 bridgehead atoms. The van der Waals surface area contributed by atoms with Crippen LogP contribution in [0.4, 0.5) is 23.7 Å². The first-order chi connectivity index (χ1) is 14.3. The number of urea groups is 1. The van der Waals surface area contributed by atoms with Crippen LogP contribution < -0.4 is 15.0 Å². The molecule has 2 unspecified atom stereocenters. The Balaban J connectivity index is 1.30. The fourth-order valence-corrected chi connectivity index (χ4v) is 3.76. The van der Waals surface area contributed by atoms with Crippen molar-refractivity contribution in [2.45, 2.75) is 44.2 Å². The summed E-state index contributed by atoms with van der Waals surface area (Å²) in [4.78, 5) is 28.3. The summed E-state index contributed by atoms with van der Waals surface area (Å²) in [6.07, 6.45) is -1.20. The molecule has 2 aliphatic heterocycles. The molecule has 0 radical (unpaired) electrons. The van der Waals surface area contributed by atoms with Crippen LogP contribution >= 0.6 is 0 Å². The number of alkyl halides is 3. The van der Waals surface area contributed by atoms with Crippen LogP contribution in [0.25, 0.3) is 0 Å². The Morgan fingerprint density at radius 1 is 1.17 bits per heavy atom. The Labute approximate surface area is 172 Å². The van der Waals surface area contributed by atoms with Crippen molar-refractivity contribution < 1.29 is 32.2 Å². The topological polar surface area (TPSA) is 71.1 Å². The van der Waals surface area contributed by atoms with Gasteiger partial charge in [-0.1, -0.05) is 6.07 Å². The quantitative estimate of drug-likeness (QED) is 0.758. The summed E-state index contributed by atoms with van der Waals surface area (Å²) in [6, 6.07) is 4.23. The first-order valence-electron chi connectivity index (χ1n) is 10.1. The van der Waals surface area contributed by atoms with Gasteiger partial charge >= 0.3 is 12.4 Å². The first-order valence-corrected chi connectivity index (χ1v) is 10.1. The Morgan fingerprint density at radius 2 is 1.97 bits per heavy atom. The third-order valence-electron chi connectivity index (χ3n) is 5.56. The fourth-order valence-electron chi connectivity index (χ4n) is 3.76. The Bertz CT molecular complexity index is 800. The van der Waals surface area contributed by atoms with E-state index in [0.29, 0.717) is 37.7 Å². The predicted molar refractivity (Wildman–Crippen MR) is 101 cm³/mol. The molecular formula is C20H24F3N3O4. The highest BCUT2D eigenvalue weighted by Crippen LogP contribution is 2.31. The molecule has 3 fully saturated rings. The Kier molecular flexibility index (Phi) is 5.77. The number of rotatable bonds is 6. The van der Waals surface area contributed by atoms with E-state index in [0.717, 1.165) is 19.1 Å². The van der Waals surface area contributed by atoms with E-state index >= 15 is 0 Å². The second-order valence-corrected chi connectivity index (χ2v) is 7.96. The number of nitrogens with zero attached hydrogens (tertiary/aromatic N) is 2. The molecule has 1 N–H and O–H groups in total. The lowest BCUT2D eigenvalue weighted by Crippen LogP contribution is -2.47. The largest absolute Gasteiger partial charge is 0.573 e. The van der Waals surface area contributed by atoms with Crippen LogP contribution in [0.15, 0.2) is 24.3 Å². The zero-order valence-electron chi connectivity index (χ0n) is 16.4. The smallest absolute Gasteiger partial charge is 0.406 e. The summed E-state index contributed by atoms with van der Waals surface area (Å²) in [5.41, 5.74) is 0.299. The standard InChI is InChI=1S/C20H24F3N3O4/c21-20(22,23)30-15-3-1-2-14(10-15)26-9-7-17(18(26)27)24-19(28)25-8-6-16(11-25)29-12-13-4-5-13/h1-3,10,13,16-17H,4-9,11-12H2,(H,24,28). The molecule has 164 valence electrons. The van der Waals surface area contributed by atoms with E-state index in [1.807, 2.05) is 0 Å². The van der Waals surface area contributed by atoms with Gasteiger partial charge in [-0.15, -0.1) is 13.2 Å². The normalized spacial score (nSPS) is 24.4. The highest BCUT2D eigenvalue weighted by molar-refractivity contribution is 6.01. The van der Waals surface area contributed by atoms with Gasteiger partial charge in [-0.05, 0) is 43.7 Å². The van der Waals surface area contributed by atoms with E-state index in [2.05, 4.69) is 10.1 Å². The second-order valence-electron chi connectivity index (χ2n) is 7.96. The van der Waals surface area contributed by atoms with Gasteiger partial charge in [0.1, 0.15) is 11.8 Å². The highest BCUT2D eigenvalue weighted by Gasteiger charge is 2.37. The van der Waals surface area contributed by atoms with E-state index < -0.39 is 18.2 Å². The van der Waals surface area contributed by atoms with Crippen molar-refractivity contribution in [3.8, 4) is 5.75 Å². The van der Waals surface area contributed by atoms with Crippen molar-refractivity contribution in [3.05, 3.63) is 24.3 Å². The average molecular weight is 427 g/mol. The van der Waals surface area contributed by atoms with Crippen LogP contribution in [-0.4, -0.2) is 61.6 Å². The zero-order valence-corrected chi connectivity index (χ0v) is 16.4. The lowest BCUT2D eigenvalue weighted by Gasteiger charge is -2.21. The fraction of sp³-hybridized carbons (Fsp3) is 0.600. The van der Waals surface area contributed by atoms with Crippen molar-refractivity contribution in [2.24, 2.45) is 5.92 Å². The van der Waals surface area contributed by atoms with E-state index in [1.165, 1.54) is 35.9 Å². The third kappa shape index (κ3) is 5.16. The van der Waals surface area contributed by atoms with Gasteiger partial charge in [-0.25, -0.2) is 4.79 Å². The van der Waals surface area contributed by atoms with E-state index in [1.54, 1.807) is 4.90 Å². The number of carbonyl (C=O) groups is 2. The Morgan fingerprint density at radius 3 is 2.70 bits per heavy atom. The molecule has 2 atom stereocenters. The van der Waals surface area contributed by atoms with Gasteiger partial charge in [0.05, 0.1) is 6.10 Å². The lowest BCUT2D eigenvalue weighted by molar-refractivity contribution is -0.274. The summed E-state index contributed by atoms with van der Waals surface area (Å²) < 4.78 is 47.1. The molecule has 1 aliphatic carbocycles. The molecule has 7 nitrogen and oxygen atoms in total. The minimum atomic E-state index is -4.81. The molecule has 2 heterocycles. The third-order valence-corrected chi connectivity index (χ3v) is 5.56. The number of likely N-dealkylation sites (tertiary alicyclic amines) is 1. The summed E-state index contributed by atoms with van der Waals surface area (Å²) in [5.74, 6) is -0.0853. The van der Waals surface area contributed by atoms with Gasteiger partial charge in [-0.3, -0.25) is 4.79 Å². The monoisotopic (exact) mass is 427 g/mol. The predicted octanol–water partition coefficient (Wildman–Crippen LogP) is 2.90. The molecule has 0 aromatic heterocycles. The van der Waals surface area contributed by atoms with Crippen LogP contribution in [0, 0.1) is 5.92 Å². The summed E-state index contributed by atoms with van der Waals surface area (Å²) in [5, 5.41) is 2.75. The molecule has 2 saturated heterocycles. The number of ether oxygens (including phenoxy) is 2. The minimum absolute atomic E-state index is 0.0310. The van der Waals surface area contributed by atoms with Crippen LogP contribution in [0.1, 0.15) is 25.7 Å². The molecule has 1 saturated carbocycles. The van der Waals surface area contributed by atoms with Gasteiger partial charge < -0.3 is 24.6 Å². The summed E-state index contributed by atoms with van der Waals surface area (Å²) in [7, 11) is 0. The zero-order chi connectivity index (χ0) is 21.3. The van der Waals surface area contributed by atoms with E-state index in [4.69, 9.17) is 4.74 Å². The number of carbonyl (C=O) groups excluding carboxylic acids is 2. The van der Waals surface area contributed by atoms with Crippen molar-refractivity contribution in [1.82, 2.24) is 10.2 Å². The molecule has 30 heavy (non-hydrogen) atoms. The lowest BCUT2D eigenvalue weighted by atomic mass is 10.2. The van der Waals surface area contributed by atoms with Gasteiger partial charge in [0.15, 0.2) is 0 Å². The number of amides is 3. The highest BCUT2D eigenvalue weighted by atomic mass is 19.4. The number of hydrogen-bond acceptors (Lipinski definition) is 4. The minimum Gasteiger partial charge on any atom is -0.406 e. The van der Waals surface area contributed by atoms with Gasteiger partial charge in [0.2, 0.25) is 5.91 Å². The van der Waals surface area contributed by atoms with Crippen molar-refractivity contribution in [3.63, 3.8) is 0 Å². The molecule has 10 heteroatoms. The molecular weight excluding hydrogens is 403 g/mol. The number of hydrogen-bond donors (Lipinski definition) is 1. The van der Waals surface area contributed by atoms with Crippen LogP contribution in [0.2, 0.25) is 0 Å². The number of benzene rings is 1. The van der Waals surface area contributed by atoms with Crippen LogP contribution in [0.3, 0.4) is 0 Å². The maximum absolute atomic E-state index is 12.7. The SMILES string of the molecule is O=C(NC1CCN(c2cccc(OC(F)(F)F)c2)C1=O)N1CCC(OCC2CC2)C1. The maximum Gasteiger partial charge on any atom is 0.573 e. The molecule has 0 spiro atoms. The molecule has 1 aromatic rings. The number of halogens is 3. The van der Waals surface area contributed by atoms with Gasteiger partial charge in [0.25, 0.3) is 0 Å². The molecule has 3 amide bonds. The molecule has 1 aromatic carbocycles.